The maximum Gasteiger partial charge on any atom is 0.209 e. The molecule has 0 amide bonds. The van der Waals surface area contributed by atoms with Crippen LogP contribution < -0.4 is 0 Å². The number of carbonyl (C=O) groups excluding carboxylic acids is 1. The van der Waals surface area contributed by atoms with Crippen molar-refractivity contribution < 1.29 is 4.79 Å². The van der Waals surface area contributed by atoms with Crippen LogP contribution in [0.5, 0.6) is 0 Å². The average molecular weight is 234 g/mol. The van der Waals surface area contributed by atoms with E-state index in [0.717, 1.165) is 6.54 Å². The van der Waals surface area contributed by atoms with Crippen LogP contribution in [0, 0.1) is 0 Å². The third kappa shape index (κ3) is 2.02. The summed E-state index contributed by atoms with van der Waals surface area (Å²) < 4.78 is 1.93. The lowest BCUT2D eigenvalue weighted by Crippen LogP contribution is -2.08. The van der Waals surface area contributed by atoms with E-state index in [1.54, 1.807) is 24.3 Å². The lowest BCUT2D eigenvalue weighted by molar-refractivity contribution is 0.103. The monoisotopic (exact) mass is 233 g/mol. The zero-order valence-electron chi connectivity index (χ0n) is 8.98. The summed E-state index contributed by atoms with van der Waals surface area (Å²) in [6.45, 7) is 2.81. The maximum absolute atomic E-state index is 12.1. The van der Waals surface area contributed by atoms with Crippen LogP contribution in [0.4, 0.5) is 0 Å². The summed E-state index contributed by atoms with van der Waals surface area (Å²) in [6.07, 6.45) is 1.91. The molecule has 16 heavy (non-hydrogen) atoms. The normalized spacial score (nSPS) is 10.4. The number of aromatic nitrogens is 1. The highest BCUT2D eigenvalue weighted by Crippen LogP contribution is 2.14. The first-order chi connectivity index (χ1) is 7.72. The molecule has 1 aromatic heterocycles. The third-order valence-electron chi connectivity index (χ3n) is 2.51. The van der Waals surface area contributed by atoms with Crippen LogP contribution >= 0.6 is 11.6 Å². The number of rotatable bonds is 3. The maximum atomic E-state index is 12.1. The van der Waals surface area contributed by atoms with E-state index < -0.39 is 0 Å². The first-order valence-electron chi connectivity index (χ1n) is 5.17. The number of nitrogens with zero attached hydrogens (tertiary/aromatic N) is 1. The van der Waals surface area contributed by atoms with Gasteiger partial charge in [0.05, 0.1) is 5.69 Å². The molecule has 1 aromatic carbocycles. The molecule has 0 radical (unpaired) electrons. The van der Waals surface area contributed by atoms with E-state index in [-0.39, 0.29) is 5.78 Å². The van der Waals surface area contributed by atoms with Gasteiger partial charge in [0.15, 0.2) is 0 Å². The molecule has 2 nitrogen and oxygen atoms in total. The molecule has 0 bridgehead atoms. The Bertz CT molecular complexity index is 499. The summed E-state index contributed by atoms with van der Waals surface area (Å²) in [5.41, 5.74) is 1.38. The highest BCUT2D eigenvalue weighted by atomic mass is 35.5. The Labute approximate surface area is 99.5 Å². The lowest BCUT2D eigenvalue weighted by atomic mass is 10.1. The van der Waals surface area contributed by atoms with Gasteiger partial charge in [0, 0.05) is 23.3 Å². The fraction of sp³-hybridized carbons (Fsp3) is 0.154. The summed E-state index contributed by atoms with van der Waals surface area (Å²) in [4.78, 5) is 12.1. The minimum Gasteiger partial charge on any atom is -0.345 e. The Balaban J connectivity index is 2.35. The smallest absolute Gasteiger partial charge is 0.209 e. The Morgan fingerprint density at radius 1 is 1.25 bits per heavy atom. The van der Waals surface area contributed by atoms with Gasteiger partial charge in [-0.15, -0.1) is 0 Å². The zero-order valence-corrected chi connectivity index (χ0v) is 9.74. The number of carbonyl (C=O) groups is 1. The van der Waals surface area contributed by atoms with Gasteiger partial charge in [0.2, 0.25) is 5.78 Å². The predicted molar refractivity (Wildman–Crippen MR) is 65.0 cm³/mol. The van der Waals surface area contributed by atoms with Gasteiger partial charge in [-0.1, -0.05) is 11.6 Å². The van der Waals surface area contributed by atoms with Crippen molar-refractivity contribution in [2.24, 2.45) is 0 Å². The first kappa shape index (κ1) is 11.0. The van der Waals surface area contributed by atoms with Crippen molar-refractivity contribution in [2.45, 2.75) is 13.5 Å². The Kier molecular flexibility index (Phi) is 3.11. The van der Waals surface area contributed by atoms with Crippen molar-refractivity contribution in [3.05, 3.63) is 58.9 Å². The molecule has 0 saturated heterocycles. The summed E-state index contributed by atoms with van der Waals surface area (Å²) in [7, 11) is 0. The van der Waals surface area contributed by atoms with E-state index in [4.69, 9.17) is 11.6 Å². The predicted octanol–water partition coefficient (Wildman–Crippen LogP) is 3.39. The van der Waals surface area contributed by atoms with E-state index in [1.165, 1.54) is 0 Å². The number of aryl methyl sites for hydroxylation is 1. The SMILES string of the molecule is CCn1cccc1C(=O)c1ccc(Cl)cc1. The Morgan fingerprint density at radius 3 is 2.56 bits per heavy atom. The molecule has 2 rings (SSSR count). The third-order valence-corrected chi connectivity index (χ3v) is 2.76. The molecular weight excluding hydrogens is 222 g/mol. The number of halogens is 1. The highest BCUT2D eigenvalue weighted by molar-refractivity contribution is 6.30. The second-order valence-corrected chi connectivity index (χ2v) is 3.95. The van der Waals surface area contributed by atoms with Crippen molar-refractivity contribution >= 4 is 17.4 Å². The van der Waals surface area contributed by atoms with E-state index in [1.807, 2.05) is 29.8 Å². The molecule has 2 aromatic rings. The molecule has 0 aliphatic heterocycles. The molecular formula is C13H12ClNO. The van der Waals surface area contributed by atoms with Gasteiger partial charge < -0.3 is 4.57 Å². The molecule has 0 saturated carbocycles. The summed E-state index contributed by atoms with van der Waals surface area (Å²) in [6, 6.07) is 10.7. The van der Waals surface area contributed by atoms with Crippen molar-refractivity contribution in [1.29, 1.82) is 0 Å². The molecule has 3 heteroatoms. The largest absolute Gasteiger partial charge is 0.345 e. The van der Waals surface area contributed by atoms with E-state index in [2.05, 4.69) is 0 Å². The van der Waals surface area contributed by atoms with Crippen LogP contribution in [0.25, 0.3) is 0 Å². The fourth-order valence-corrected chi connectivity index (χ4v) is 1.77. The van der Waals surface area contributed by atoms with E-state index >= 15 is 0 Å². The van der Waals surface area contributed by atoms with Gasteiger partial charge in [-0.25, -0.2) is 0 Å². The van der Waals surface area contributed by atoms with Crippen molar-refractivity contribution in [3.8, 4) is 0 Å². The van der Waals surface area contributed by atoms with Gasteiger partial charge in [-0.05, 0) is 43.3 Å². The van der Waals surface area contributed by atoms with Crippen LogP contribution in [0.15, 0.2) is 42.6 Å². The summed E-state index contributed by atoms with van der Waals surface area (Å²) in [5, 5.41) is 0.641. The van der Waals surface area contributed by atoms with Crippen molar-refractivity contribution in [3.63, 3.8) is 0 Å². The number of hydrogen-bond acceptors (Lipinski definition) is 1. The fourth-order valence-electron chi connectivity index (χ4n) is 1.65. The van der Waals surface area contributed by atoms with Crippen molar-refractivity contribution in [1.82, 2.24) is 4.57 Å². The first-order valence-corrected chi connectivity index (χ1v) is 5.55. The molecule has 0 fully saturated rings. The highest BCUT2D eigenvalue weighted by Gasteiger charge is 2.11. The second-order valence-electron chi connectivity index (χ2n) is 3.52. The molecule has 0 aliphatic carbocycles. The Morgan fingerprint density at radius 2 is 1.94 bits per heavy atom. The molecule has 0 N–H and O–H groups in total. The van der Waals surface area contributed by atoms with Crippen LogP contribution in [-0.2, 0) is 6.54 Å². The molecule has 82 valence electrons. The topological polar surface area (TPSA) is 22.0 Å². The standard InChI is InChI=1S/C13H12ClNO/c1-2-15-9-3-4-12(15)13(16)10-5-7-11(14)8-6-10/h3-9H,2H2,1H3. The van der Waals surface area contributed by atoms with Crippen molar-refractivity contribution in [2.75, 3.05) is 0 Å². The van der Waals surface area contributed by atoms with Gasteiger partial charge >= 0.3 is 0 Å². The van der Waals surface area contributed by atoms with Crippen LogP contribution in [-0.4, -0.2) is 10.4 Å². The number of benzene rings is 1. The lowest BCUT2D eigenvalue weighted by Gasteiger charge is -2.05. The van der Waals surface area contributed by atoms with Crippen LogP contribution in [0.2, 0.25) is 5.02 Å². The van der Waals surface area contributed by atoms with Gasteiger partial charge in [-0.2, -0.15) is 0 Å². The minimum atomic E-state index is 0.0310. The number of ketones is 1. The van der Waals surface area contributed by atoms with Crippen LogP contribution in [0.3, 0.4) is 0 Å². The Hall–Kier alpha value is -1.54. The van der Waals surface area contributed by atoms with Gasteiger partial charge in [-0.3, -0.25) is 4.79 Å². The zero-order chi connectivity index (χ0) is 11.5. The molecule has 1 heterocycles. The molecule has 0 atom stereocenters. The quantitative estimate of drug-likeness (QED) is 0.745. The molecule has 0 aliphatic rings. The molecule has 0 spiro atoms. The van der Waals surface area contributed by atoms with Crippen LogP contribution in [0.1, 0.15) is 23.0 Å². The molecule has 0 unspecified atom stereocenters. The van der Waals surface area contributed by atoms with Gasteiger partial charge in [0.1, 0.15) is 0 Å². The van der Waals surface area contributed by atoms with E-state index in [9.17, 15) is 4.79 Å². The summed E-state index contributed by atoms with van der Waals surface area (Å²) in [5.74, 6) is 0.0310. The summed E-state index contributed by atoms with van der Waals surface area (Å²) >= 11 is 5.78. The number of hydrogen-bond donors (Lipinski definition) is 0. The van der Waals surface area contributed by atoms with Gasteiger partial charge in [0.25, 0.3) is 0 Å². The van der Waals surface area contributed by atoms with E-state index in [0.29, 0.717) is 16.3 Å². The second kappa shape index (κ2) is 4.54. The average Bonchev–Trinajstić information content (AvgIpc) is 2.77. The minimum absolute atomic E-state index is 0.0310.